The highest BCUT2D eigenvalue weighted by Gasteiger charge is 2.18. The molecule has 1 unspecified atom stereocenters. The van der Waals surface area contributed by atoms with Gasteiger partial charge in [0.25, 0.3) is 5.91 Å². The zero-order valence-electron chi connectivity index (χ0n) is 11.0. The number of hydrogen-bond acceptors (Lipinski definition) is 2. The highest BCUT2D eigenvalue weighted by Crippen LogP contribution is 2.15. The largest absolute Gasteiger partial charge is 0.348 e. The quantitative estimate of drug-likeness (QED) is 0.870. The van der Waals surface area contributed by atoms with Crippen molar-refractivity contribution in [2.45, 2.75) is 33.2 Å². The average molecular weight is 245 g/mol. The summed E-state index contributed by atoms with van der Waals surface area (Å²) in [7, 11) is 0. The Hall–Kier alpha value is -1.84. The number of aromatic nitrogens is 2. The van der Waals surface area contributed by atoms with Crippen LogP contribution >= 0.6 is 0 Å². The predicted octanol–water partition coefficient (Wildman–Crippen LogP) is 2.73. The summed E-state index contributed by atoms with van der Waals surface area (Å²) in [6, 6.07) is 7.84. The maximum atomic E-state index is 12.2. The molecular weight excluding hydrogens is 226 g/mol. The Morgan fingerprint density at radius 1 is 1.39 bits per heavy atom. The van der Waals surface area contributed by atoms with E-state index in [9.17, 15) is 4.79 Å². The minimum atomic E-state index is -0.104. The van der Waals surface area contributed by atoms with Crippen LogP contribution < -0.4 is 5.32 Å². The molecular formula is C14H19N3O. The molecule has 2 aromatic rings. The lowest BCUT2D eigenvalue weighted by Gasteiger charge is -2.20. The van der Waals surface area contributed by atoms with Crippen molar-refractivity contribution in [2.75, 3.05) is 0 Å². The molecule has 0 saturated heterocycles. The third-order valence-corrected chi connectivity index (χ3v) is 3.25. The van der Waals surface area contributed by atoms with Crippen LogP contribution in [-0.4, -0.2) is 22.1 Å². The van der Waals surface area contributed by atoms with Crippen molar-refractivity contribution in [3.8, 4) is 0 Å². The predicted molar refractivity (Wildman–Crippen MR) is 72.5 cm³/mol. The number of hydrogen-bond donors (Lipinski definition) is 2. The third-order valence-electron chi connectivity index (χ3n) is 3.25. The maximum absolute atomic E-state index is 12.2. The minimum absolute atomic E-state index is 0.104. The van der Waals surface area contributed by atoms with E-state index in [-0.39, 0.29) is 11.9 Å². The number of amides is 1. The summed E-state index contributed by atoms with van der Waals surface area (Å²) in [4.78, 5) is 12.2. The highest BCUT2D eigenvalue weighted by molar-refractivity contribution is 6.04. The van der Waals surface area contributed by atoms with Crippen molar-refractivity contribution in [1.29, 1.82) is 0 Å². The van der Waals surface area contributed by atoms with E-state index in [2.05, 4.69) is 36.3 Å². The fraction of sp³-hybridized carbons (Fsp3) is 0.429. The van der Waals surface area contributed by atoms with Crippen molar-refractivity contribution in [3.63, 3.8) is 0 Å². The van der Waals surface area contributed by atoms with Crippen LogP contribution in [0.4, 0.5) is 0 Å². The molecule has 0 aliphatic heterocycles. The molecule has 1 aromatic heterocycles. The molecule has 2 N–H and O–H groups in total. The minimum Gasteiger partial charge on any atom is -0.348 e. The topological polar surface area (TPSA) is 57.8 Å². The number of benzene rings is 1. The number of H-pyrrole nitrogens is 1. The van der Waals surface area contributed by atoms with Gasteiger partial charge in [-0.05, 0) is 18.4 Å². The monoisotopic (exact) mass is 245 g/mol. The van der Waals surface area contributed by atoms with Gasteiger partial charge in [-0.2, -0.15) is 5.10 Å². The van der Waals surface area contributed by atoms with E-state index < -0.39 is 0 Å². The summed E-state index contributed by atoms with van der Waals surface area (Å²) in [5.41, 5.74) is 1.37. The van der Waals surface area contributed by atoms with Crippen molar-refractivity contribution < 1.29 is 4.79 Å². The number of nitrogens with one attached hydrogen (secondary N) is 2. The lowest BCUT2D eigenvalue weighted by atomic mass is 10.0. The van der Waals surface area contributed by atoms with Crippen molar-refractivity contribution >= 4 is 16.8 Å². The molecule has 2 rings (SSSR count). The van der Waals surface area contributed by atoms with E-state index in [4.69, 9.17) is 0 Å². The second kappa shape index (κ2) is 5.21. The van der Waals surface area contributed by atoms with Crippen LogP contribution in [0.1, 0.15) is 37.7 Å². The molecule has 4 nitrogen and oxygen atoms in total. The third kappa shape index (κ3) is 2.37. The number of fused-ring (bicyclic) bond motifs is 1. The molecule has 1 atom stereocenters. The molecule has 1 aromatic carbocycles. The molecule has 4 heteroatoms. The van der Waals surface area contributed by atoms with Gasteiger partial charge in [0.2, 0.25) is 0 Å². The van der Waals surface area contributed by atoms with Crippen LogP contribution in [0, 0.1) is 5.92 Å². The zero-order valence-corrected chi connectivity index (χ0v) is 11.0. The second-order valence-corrected chi connectivity index (χ2v) is 4.85. The molecule has 1 heterocycles. The summed E-state index contributed by atoms with van der Waals surface area (Å²) in [6.45, 7) is 6.29. The Bertz CT molecular complexity index is 545. The van der Waals surface area contributed by atoms with Crippen LogP contribution in [0.15, 0.2) is 24.3 Å². The van der Waals surface area contributed by atoms with Gasteiger partial charge < -0.3 is 5.32 Å². The molecule has 0 saturated carbocycles. The van der Waals surface area contributed by atoms with Gasteiger partial charge in [0, 0.05) is 11.4 Å². The fourth-order valence-electron chi connectivity index (χ4n) is 2.11. The van der Waals surface area contributed by atoms with Crippen LogP contribution in [0.2, 0.25) is 0 Å². The molecule has 0 radical (unpaired) electrons. The van der Waals surface area contributed by atoms with Gasteiger partial charge in [-0.15, -0.1) is 0 Å². The lowest BCUT2D eigenvalue weighted by Crippen LogP contribution is -2.38. The standard InChI is InChI=1S/C14H19N3O/c1-4-11(9(2)3)15-14(18)13-10-7-5-6-8-12(10)16-17-13/h5-9,11H,4H2,1-3H3,(H,15,18)(H,16,17). The van der Waals surface area contributed by atoms with E-state index in [1.807, 2.05) is 24.3 Å². The van der Waals surface area contributed by atoms with Gasteiger partial charge >= 0.3 is 0 Å². The Morgan fingerprint density at radius 2 is 2.11 bits per heavy atom. The molecule has 0 spiro atoms. The molecule has 18 heavy (non-hydrogen) atoms. The Labute approximate surface area is 107 Å². The number of carbonyl (C=O) groups is 1. The van der Waals surface area contributed by atoms with Gasteiger partial charge in [0.15, 0.2) is 5.69 Å². The average Bonchev–Trinajstić information content (AvgIpc) is 2.79. The fourth-order valence-corrected chi connectivity index (χ4v) is 2.11. The Morgan fingerprint density at radius 3 is 2.78 bits per heavy atom. The first-order chi connectivity index (χ1) is 8.63. The number of para-hydroxylation sites is 1. The number of carbonyl (C=O) groups excluding carboxylic acids is 1. The zero-order chi connectivity index (χ0) is 13.1. The van der Waals surface area contributed by atoms with Crippen molar-refractivity contribution in [2.24, 2.45) is 5.92 Å². The van der Waals surface area contributed by atoms with E-state index in [1.165, 1.54) is 0 Å². The highest BCUT2D eigenvalue weighted by atomic mass is 16.2. The van der Waals surface area contributed by atoms with E-state index in [1.54, 1.807) is 0 Å². The van der Waals surface area contributed by atoms with Crippen LogP contribution in [0.3, 0.4) is 0 Å². The Balaban J connectivity index is 2.23. The van der Waals surface area contributed by atoms with Gasteiger partial charge in [-0.3, -0.25) is 9.89 Å². The number of nitrogens with zero attached hydrogens (tertiary/aromatic N) is 1. The maximum Gasteiger partial charge on any atom is 0.272 e. The van der Waals surface area contributed by atoms with Gasteiger partial charge in [0.1, 0.15) is 0 Å². The van der Waals surface area contributed by atoms with Crippen LogP contribution in [0.5, 0.6) is 0 Å². The molecule has 0 fully saturated rings. The summed E-state index contributed by atoms with van der Waals surface area (Å²) in [5, 5.41) is 10.9. The van der Waals surface area contributed by atoms with Crippen LogP contribution in [0.25, 0.3) is 10.9 Å². The number of aromatic amines is 1. The summed E-state index contributed by atoms with van der Waals surface area (Å²) < 4.78 is 0. The smallest absolute Gasteiger partial charge is 0.272 e. The molecule has 0 aliphatic carbocycles. The molecule has 96 valence electrons. The molecule has 0 bridgehead atoms. The van der Waals surface area contributed by atoms with Gasteiger partial charge in [-0.25, -0.2) is 0 Å². The molecule has 0 aliphatic rings. The summed E-state index contributed by atoms with van der Waals surface area (Å²) in [5.74, 6) is 0.317. The SMILES string of the molecule is CCC(NC(=O)c1n[nH]c2ccccc12)C(C)C. The van der Waals surface area contributed by atoms with E-state index in [0.717, 1.165) is 17.3 Å². The normalized spacial score (nSPS) is 12.9. The van der Waals surface area contributed by atoms with Crippen molar-refractivity contribution in [1.82, 2.24) is 15.5 Å². The Kier molecular flexibility index (Phi) is 3.65. The van der Waals surface area contributed by atoms with Gasteiger partial charge in [0.05, 0.1) is 5.52 Å². The first-order valence-electron chi connectivity index (χ1n) is 6.37. The second-order valence-electron chi connectivity index (χ2n) is 4.85. The first kappa shape index (κ1) is 12.6. The van der Waals surface area contributed by atoms with Crippen molar-refractivity contribution in [3.05, 3.63) is 30.0 Å². The number of rotatable bonds is 4. The summed E-state index contributed by atoms with van der Waals surface area (Å²) in [6.07, 6.45) is 0.922. The molecule has 1 amide bonds. The summed E-state index contributed by atoms with van der Waals surface area (Å²) >= 11 is 0. The lowest BCUT2D eigenvalue weighted by molar-refractivity contribution is 0.0921. The van der Waals surface area contributed by atoms with E-state index in [0.29, 0.717) is 11.6 Å². The van der Waals surface area contributed by atoms with Gasteiger partial charge in [-0.1, -0.05) is 39.0 Å². The van der Waals surface area contributed by atoms with Crippen LogP contribution in [-0.2, 0) is 0 Å². The van der Waals surface area contributed by atoms with E-state index >= 15 is 0 Å². The first-order valence-corrected chi connectivity index (χ1v) is 6.37.